The minimum atomic E-state index is -4.84. The third-order valence-electron chi connectivity index (χ3n) is 2.93. The van der Waals surface area contributed by atoms with Crippen molar-refractivity contribution in [1.82, 2.24) is 4.89 Å². The first-order chi connectivity index (χ1) is 12.4. The summed E-state index contributed by atoms with van der Waals surface area (Å²) in [5, 5.41) is 8.37. The first kappa shape index (κ1) is 27.4. The van der Waals surface area contributed by atoms with E-state index in [4.69, 9.17) is 14.5 Å². The Labute approximate surface area is 161 Å². The van der Waals surface area contributed by atoms with Crippen LogP contribution in [0.3, 0.4) is 0 Å². The number of hydrogen-bond donors (Lipinski definition) is 3. The number of rotatable bonds is 14. The van der Waals surface area contributed by atoms with Crippen LogP contribution in [-0.4, -0.2) is 72.4 Å². The third-order valence-corrected chi connectivity index (χ3v) is 4.00. The van der Waals surface area contributed by atoms with Crippen LogP contribution in [0.2, 0.25) is 0 Å². The summed E-state index contributed by atoms with van der Waals surface area (Å²) >= 11 is 0. The molecule has 0 aromatic rings. The van der Waals surface area contributed by atoms with E-state index in [1.54, 1.807) is 0 Å². The zero-order valence-corrected chi connectivity index (χ0v) is 17.0. The number of ether oxygens (including phenoxy) is 2. The van der Waals surface area contributed by atoms with Gasteiger partial charge in [0.1, 0.15) is 6.61 Å². The Morgan fingerprint density at radius 2 is 1.32 bits per heavy atom. The molecule has 0 saturated carbocycles. The summed E-state index contributed by atoms with van der Waals surface area (Å²) in [4.78, 5) is 0.964. The highest BCUT2D eigenvalue weighted by atomic mass is 32.3. The van der Waals surface area contributed by atoms with Gasteiger partial charge in [-0.2, -0.15) is 30.0 Å². The molecule has 11 nitrogen and oxygen atoms in total. The minimum absolute atomic E-state index is 0.158. The quantitative estimate of drug-likeness (QED) is 0.247. The van der Waals surface area contributed by atoms with Crippen LogP contribution in [0, 0.1) is 10.8 Å². The lowest BCUT2D eigenvalue weighted by Crippen LogP contribution is -2.38. The van der Waals surface area contributed by atoms with E-state index in [0.717, 1.165) is 4.89 Å². The highest BCUT2D eigenvalue weighted by Crippen LogP contribution is 2.24. The van der Waals surface area contributed by atoms with Gasteiger partial charge in [-0.15, -0.1) is 0 Å². The highest BCUT2D eigenvalue weighted by Gasteiger charge is 2.33. The number of halogens is 3. The summed E-state index contributed by atoms with van der Waals surface area (Å²) < 4.78 is 107. The predicted octanol–water partition coefficient (Wildman–Crippen LogP) is 0.674. The Balaban J connectivity index is 4.80. The first-order valence-electron chi connectivity index (χ1n) is 7.53. The lowest BCUT2D eigenvalue weighted by molar-refractivity contribution is -0.184. The normalized spacial score (nSPS) is 16.1. The molecule has 28 heavy (non-hydrogen) atoms. The molecule has 0 amide bonds. The topological polar surface area (TPSA) is 158 Å². The lowest BCUT2D eigenvalue weighted by atomic mass is 9.93. The predicted molar refractivity (Wildman–Crippen MR) is 86.9 cm³/mol. The van der Waals surface area contributed by atoms with Gasteiger partial charge in [-0.05, 0) is 0 Å². The van der Waals surface area contributed by atoms with Crippen molar-refractivity contribution < 1.29 is 57.6 Å². The van der Waals surface area contributed by atoms with Crippen LogP contribution in [0.15, 0.2) is 0 Å². The Bertz CT molecular complexity index is 680. The van der Waals surface area contributed by atoms with E-state index < -0.39 is 64.1 Å². The van der Waals surface area contributed by atoms with E-state index >= 15 is 0 Å². The second kappa shape index (κ2) is 10.4. The fraction of sp³-hybridized carbons (Fsp3) is 1.00. The lowest BCUT2D eigenvalue weighted by Gasteiger charge is -2.31. The van der Waals surface area contributed by atoms with Crippen LogP contribution in [0.1, 0.15) is 20.8 Å². The van der Waals surface area contributed by atoms with E-state index in [9.17, 15) is 30.0 Å². The average molecular weight is 463 g/mol. The van der Waals surface area contributed by atoms with Gasteiger partial charge < -0.3 is 14.7 Å². The molecule has 170 valence electrons. The molecule has 0 heterocycles. The van der Waals surface area contributed by atoms with Crippen LogP contribution >= 0.6 is 0 Å². The molecule has 0 spiro atoms. The van der Waals surface area contributed by atoms with Gasteiger partial charge in [-0.1, -0.05) is 25.7 Å². The van der Waals surface area contributed by atoms with Crippen molar-refractivity contribution in [2.45, 2.75) is 26.9 Å². The Morgan fingerprint density at radius 3 is 1.75 bits per heavy atom. The Hall–Kier alpha value is -0.590. The minimum Gasteiger partial charge on any atom is -0.380 e. The zero-order valence-electron chi connectivity index (χ0n) is 15.4. The molecule has 0 radical (unpaired) electrons. The number of hydrogen-bond acceptors (Lipinski definition) is 9. The van der Waals surface area contributed by atoms with Crippen molar-refractivity contribution in [3.63, 3.8) is 0 Å². The van der Waals surface area contributed by atoms with Crippen molar-refractivity contribution >= 4 is 20.7 Å². The van der Waals surface area contributed by atoms with E-state index in [-0.39, 0.29) is 13.2 Å². The van der Waals surface area contributed by atoms with Crippen LogP contribution in [0.5, 0.6) is 0 Å². The molecule has 16 heteroatoms. The monoisotopic (exact) mass is 463 g/mol. The van der Waals surface area contributed by atoms with Gasteiger partial charge in [0.15, 0.2) is 0 Å². The largest absolute Gasteiger partial charge is 0.411 e. The van der Waals surface area contributed by atoms with Crippen molar-refractivity contribution in [2.75, 3.05) is 39.6 Å². The first-order valence-corrected chi connectivity index (χ1v) is 10.3. The third kappa shape index (κ3) is 14.4. The Morgan fingerprint density at radius 1 is 0.821 bits per heavy atom. The molecule has 0 aromatic heterocycles. The van der Waals surface area contributed by atoms with Crippen molar-refractivity contribution in [3.05, 3.63) is 0 Å². The standard InChI is InChI=1S/C12H24F3NO10S2/c1-10(2,5-25-27(18,19)16-17)4-23-6-11(3,8-26-28(20,21)22)7-24-9-12(13,14)15/h16-17H,4-9H2,1-3H3,(H,20,21,22). The van der Waals surface area contributed by atoms with Crippen molar-refractivity contribution in [3.8, 4) is 0 Å². The highest BCUT2D eigenvalue weighted by molar-refractivity contribution is 7.84. The summed E-state index contributed by atoms with van der Waals surface area (Å²) in [6.45, 7) is 0.524. The van der Waals surface area contributed by atoms with Crippen molar-refractivity contribution in [1.29, 1.82) is 0 Å². The van der Waals surface area contributed by atoms with Gasteiger partial charge in [-0.3, -0.25) is 8.74 Å². The number of alkyl halides is 3. The van der Waals surface area contributed by atoms with Crippen molar-refractivity contribution in [2.24, 2.45) is 10.8 Å². The molecule has 0 aliphatic carbocycles. The molecule has 3 N–H and O–H groups in total. The molecule has 0 bridgehead atoms. The van der Waals surface area contributed by atoms with Gasteiger partial charge in [0.25, 0.3) is 0 Å². The van der Waals surface area contributed by atoms with E-state index in [0.29, 0.717) is 0 Å². The van der Waals surface area contributed by atoms with E-state index in [1.807, 2.05) is 0 Å². The molecule has 0 aliphatic rings. The summed E-state index contributed by atoms with van der Waals surface area (Å²) in [5.74, 6) is 0. The molecule has 1 atom stereocenters. The second-order valence-corrected chi connectivity index (χ2v) is 9.49. The van der Waals surface area contributed by atoms with Gasteiger partial charge in [0.05, 0.1) is 33.0 Å². The average Bonchev–Trinajstić information content (AvgIpc) is 2.49. The van der Waals surface area contributed by atoms with Crippen LogP contribution in [0.25, 0.3) is 0 Å². The number of nitrogens with one attached hydrogen (secondary N) is 1. The van der Waals surface area contributed by atoms with Gasteiger partial charge >= 0.3 is 26.9 Å². The molecule has 1 unspecified atom stereocenters. The van der Waals surface area contributed by atoms with Gasteiger partial charge in [0.2, 0.25) is 0 Å². The van der Waals surface area contributed by atoms with Crippen LogP contribution in [-0.2, 0) is 38.5 Å². The fourth-order valence-corrected chi connectivity index (χ4v) is 2.59. The summed E-state index contributed by atoms with van der Waals surface area (Å²) in [6, 6.07) is 0. The molecule has 0 fully saturated rings. The maximum absolute atomic E-state index is 12.2. The second-order valence-electron chi connectivity index (χ2n) is 7.07. The van der Waals surface area contributed by atoms with Crippen LogP contribution in [0.4, 0.5) is 13.2 Å². The maximum atomic E-state index is 12.2. The SMILES string of the molecule is CC(C)(COCC(C)(COCC(F)(F)F)COS(=O)(=O)O)COS(=O)(=O)NO. The molecular formula is C12H24F3NO10S2. The summed E-state index contributed by atoms with van der Waals surface area (Å²) in [7, 11) is -9.19. The summed E-state index contributed by atoms with van der Waals surface area (Å²) in [5.41, 5.74) is -2.31. The molecule has 0 aromatic carbocycles. The molecule has 0 saturated heterocycles. The summed E-state index contributed by atoms with van der Waals surface area (Å²) in [6.07, 6.45) is -4.60. The molecule has 0 rings (SSSR count). The smallest absolute Gasteiger partial charge is 0.380 e. The maximum Gasteiger partial charge on any atom is 0.411 e. The molecule has 0 aliphatic heterocycles. The van der Waals surface area contributed by atoms with Gasteiger partial charge in [-0.25, -0.2) is 4.18 Å². The van der Waals surface area contributed by atoms with E-state index in [2.05, 4.69) is 13.1 Å². The van der Waals surface area contributed by atoms with Gasteiger partial charge in [0, 0.05) is 10.8 Å². The zero-order chi connectivity index (χ0) is 22.3. The molecular weight excluding hydrogens is 439 g/mol. The Kier molecular flexibility index (Phi) is 10.2. The fourth-order valence-electron chi connectivity index (χ4n) is 1.63. The van der Waals surface area contributed by atoms with E-state index in [1.165, 1.54) is 20.8 Å². The van der Waals surface area contributed by atoms with Crippen LogP contribution < -0.4 is 4.89 Å².